The van der Waals surface area contributed by atoms with Crippen LogP contribution in [0.15, 0.2) is 35.7 Å². The van der Waals surface area contributed by atoms with Crippen LogP contribution in [0.25, 0.3) is 11.3 Å². The summed E-state index contributed by atoms with van der Waals surface area (Å²) in [6.07, 6.45) is 4.65. The molecule has 0 saturated carbocycles. The number of carboxylic acid groups (broad SMARTS) is 1. The molecule has 1 aromatic heterocycles. The highest BCUT2D eigenvalue weighted by Gasteiger charge is 2.35. The van der Waals surface area contributed by atoms with E-state index in [2.05, 4.69) is 53.3 Å². The lowest BCUT2D eigenvalue weighted by Gasteiger charge is -2.35. The minimum absolute atomic E-state index is 0.356. The fraction of sp³-hybridized carbons (Fsp3) is 0.529. The van der Waals surface area contributed by atoms with Gasteiger partial charge in [-0.1, -0.05) is 23.8 Å². The highest BCUT2D eigenvalue weighted by Crippen LogP contribution is 2.36. The molecule has 3 aliphatic heterocycles. The van der Waals surface area contributed by atoms with Crippen LogP contribution in [-0.4, -0.2) is 79.6 Å². The van der Waals surface area contributed by atoms with Crippen molar-refractivity contribution in [3.05, 3.63) is 63.5 Å². The molecule has 8 nitrogen and oxygen atoms in total. The normalized spacial score (nSPS) is 21.8. The summed E-state index contributed by atoms with van der Waals surface area (Å²) in [7, 11) is 1.58. The monoisotopic (exact) mass is 605 g/mol. The van der Waals surface area contributed by atoms with Crippen molar-refractivity contribution in [3.63, 3.8) is 0 Å². The molecular formula is C34H43N3O5S. The molecule has 2 saturated heterocycles. The molecule has 0 bridgehead atoms. The van der Waals surface area contributed by atoms with Gasteiger partial charge < -0.3 is 24.2 Å². The summed E-state index contributed by atoms with van der Waals surface area (Å²) in [5.41, 5.74) is 8.55. The van der Waals surface area contributed by atoms with E-state index in [1.165, 1.54) is 22.3 Å². The van der Waals surface area contributed by atoms with Gasteiger partial charge >= 0.3 is 5.97 Å². The number of benzene rings is 2. The summed E-state index contributed by atoms with van der Waals surface area (Å²) >= 11 is 1.58. The van der Waals surface area contributed by atoms with E-state index in [-0.39, 0.29) is 6.10 Å². The predicted molar refractivity (Wildman–Crippen MR) is 169 cm³/mol. The molecule has 6 rings (SSSR count). The molecule has 43 heavy (non-hydrogen) atoms. The zero-order chi connectivity index (χ0) is 29.9. The Morgan fingerprint density at radius 3 is 2.70 bits per heavy atom. The molecule has 0 radical (unpaired) electrons. The summed E-state index contributed by atoms with van der Waals surface area (Å²) in [4.78, 5) is 21.4. The Morgan fingerprint density at radius 2 is 1.91 bits per heavy atom. The van der Waals surface area contributed by atoms with Crippen molar-refractivity contribution in [2.45, 2.75) is 64.7 Å². The number of aliphatic carboxylic acids is 1. The molecule has 9 heteroatoms. The molecule has 230 valence electrons. The topological polar surface area (TPSA) is 84.4 Å². The fourth-order valence-corrected chi connectivity index (χ4v) is 7.78. The molecule has 0 spiro atoms. The molecule has 1 N–H and O–H groups in total. The van der Waals surface area contributed by atoms with E-state index in [0.29, 0.717) is 32.2 Å². The zero-order valence-electron chi connectivity index (χ0n) is 25.5. The highest BCUT2D eigenvalue weighted by atomic mass is 32.1. The van der Waals surface area contributed by atoms with Crippen molar-refractivity contribution in [1.29, 1.82) is 0 Å². The van der Waals surface area contributed by atoms with Crippen LogP contribution in [0.1, 0.15) is 47.1 Å². The van der Waals surface area contributed by atoms with Crippen molar-refractivity contribution < 1.29 is 24.1 Å². The highest BCUT2D eigenvalue weighted by molar-refractivity contribution is 7.14. The number of rotatable bonds is 8. The van der Waals surface area contributed by atoms with Crippen LogP contribution in [0.4, 0.5) is 5.13 Å². The number of ether oxygens (including phenoxy) is 3. The van der Waals surface area contributed by atoms with E-state index in [0.717, 1.165) is 79.7 Å². The van der Waals surface area contributed by atoms with Gasteiger partial charge in [-0.05, 0) is 80.3 Å². The van der Waals surface area contributed by atoms with E-state index in [4.69, 9.17) is 19.2 Å². The predicted octanol–water partition coefficient (Wildman–Crippen LogP) is 5.51. The Kier molecular flexibility index (Phi) is 9.33. The van der Waals surface area contributed by atoms with Crippen molar-refractivity contribution in [1.82, 2.24) is 9.88 Å². The van der Waals surface area contributed by atoms with Crippen LogP contribution < -0.4 is 9.64 Å². The van der Waals surface area contributed by atoms with Crippen molar-refractivity contribution in [2.24, 2.45) is 5.92 Å². The molecule has 0 aliphatic carbocycles. The minimum atomic E-state index is -0.797. The van der Waals surface area contributed by atoms with Gasteiger partial charge in [0, 0.05) is 63.5 Å². The number of piperidine rings is 1. The number of carbonyl (C=O) groups is 1. The third-order valence-corrected chi connectivity index (χ3v) is 10.5. The second kappa shape index (κ2) is 13.3. The number of thiazole rings is 1. The summed E-state index contributed by atoms with van der Waals surface area (Å²) in [5, 5.41) is 12.5. The summed E-state index contributed by atoms with van der Waals surface area (Å²) < 4.78 is 17.7. The van der Waals surface area contributed by atoms with Gasteiger partial charge in [0.1, 0.15) is 12.4 Å². The Hall–Kier alpha value is -2.98. The SMILES string of the molecule is CO[C@H]1CN(c2nc(-c3cc(C)ccc3OCc3ccc4c(c3C)CCN(C3CCOCC3)CC4)cs2)CC[C@H]1C(=O)O. The largest absolute Gasteiger partial charge is 0.488 e. The van der Waals surface area contributed by atoms with Crippen molar-refractivity contribution in [3.8, 4) is 17.0 Å². The second-order valence-electron chi connectivity index (χ2n) is 12.1. The number of fused-ring (bicyclic) bond motifs is 1. The lowest BCUT2D eigenvalue weighted by atomic mass is 9.94. The first-order valence-corrected chi connectivity index (χ1v) is 16.4. The Balaban J connectivity index is 1.16. The van der Waals surface area contributed by atoms with Crippen LogP contribution >= 0.6 is 11.3 Å². The van der Waals surface area contributed by atoms with Gasteiger partial charge in [-0.2, -0.15) is 0 Å². The van der Waals surface area contributed by atoms with E-state index < -0.39 is 11.9 Å². The summed E-state index contributed by atoms with van der Waals surface area (Å²) in [5.74, 6) is -0.462. The maximum atomic E-state index is 11.6. The van der Waals surface area contributed by atoms with E-state index in [9.17, 15) is 9.90 Å². The van der Waals surface area contributed by atoms with Gasteiger partial charge in [-0.3, -0.25) is 9.69 Å². The average Bonchev–Trinajstić information content (AvgIpc) is 3.42. The number of hydrogen-bond acceptors (Lipinski definition) is 8. The quantitative estimate of drug-likeness (QED) is 0.360. The molecule has 3 aliphatic rings. The third-order valence-electron chi connectivity index (χ3n) is 9.57. The molecule has 2 atom stereocenters. The Morgan fingerprint density at radius 1 is 1.09 bits per heavy atom. The maximum absolute atomic E-state index is 11.6. The lowest BCUT2D eigenvalue weighted by molar-refractivity contribution is -0.147. The van der Waals surface area contributed by atoms with Crippen molar-refractivity contribution in [2.75, 3.05) is 51.4 Å². The smallest absolute Gasteiger partial charge is 0.309 e. The first-order chi connectivity index (χ1) is 20.9. The fourth-order valence-electron chi connectivity index (χ4n) is 6.92. The van der Waals surface area contributed by atoms with E-state index in [1.807, 2.05) is 6.07 Å². The zero-order valence-corrected chi connectivity index (χ0v) is 26.3. The maximum Gasteiger partial charge on any atom is 0.309 e. The van der Waals surface area contributed by atoms with Gasteiger partial charge in [-0.15, -0.1) is 11.3 Å². The standard InChI is InChI=1S/C34H43N3O5S/c1-22-4-7-31(29(18-22)30-21-43-34(35-30)37-15-10-28(33(38)39)32(19-37)40-3)42-20-25-6-5-24-8-13-36(14-9-27(24)23(25)2)26-11-16-41-17-12-26/h4-7,18,21,26,28,32H,8-17,19-20H2,1-3H3,(H,38,39)/t28-,32+/m1/s1. The number of methoxy groups -OCH3 is 1. The van der Waals surface area contributed by atoms with Crippen LogP contribution in [-0.2, 0) is 33.7 Å². The van der Waals surface area contributed by atoms with Gasteiger partial charge in [0.05, 0.1) is 17.7 Å². The van der Waals surface area contributed by atoms with Gasteiger partial charge in [0.25, 0.3) is 0 Å². The number of hydrogen-bond donors (Lipinski definition) is 1. The number of nitrogens with zero attached hydrogens (tertiary/aromatic N) is 3. The molecule has 2 fully saturated rings. The molecule has 2 aromatic carbocycles. The van der Waals surface area contributed by atoms with Crippen LogP contribution in [0, 0.1) is 19.8 Å². The first-order valence-electron chi connectivity index (χ1n) is 15.5. The van der Waals surface area contributed by atoms with Gasteiger partial charge in [0.15, 0.2) is 5.13 Å². The third kappa shape index (κ3) is 6.60. The van der Waals surface area contributed by atoms with E-state index >= 15 is 0 Å². The summed E-state index contributed by atoms with van der Waals surface area (Å²) in [6.45, 7) is 10.0. The number of aryl methyl sites for hydroxylation is 1. The Bertz CT molecular complexity index is 1440. The average molecular weight is 606 g/mol. The van der Waals surface area contributed by atoms with Crippen LogP contribution in [0.2, 0.25) is 0 Å². The van der Waals surface area contributed by atoms with E-state index in [1.54, 1.807) is 18.4 Å². The lowest BCUT2D eigenvalue weighted by Crippen LogP contribution is -2.47. The second-order valence-corrected chi connectivity index (χ2v) is 13.0. The molecular weight excluding hydrogens is 562 g/mol. The minimum Gasteiger partial charge on any atom is -0.488 e. The first kappa shape index (κ1) is 30.1. The molecule has 0 unspecified atom stereocenters. The van der Waals surface area contributed by atoms with Gasteiger partial charge in [0.2, 0.25) is 0 Å². The number of aromatic nitrogens is 1. The Labute approximate surface area is 258 Å². The van der Waals surface area contributed by atoms with Crippen LogP contribution in [0.5, 0.6) is 5.75 Å². The summed E-state index contributed by atoms with van der Waals surface area (Å²) in [6, 6.07) is 11.5. The molecule has 0 amide bonds. The van der Waals surface area contributed by atoms with Crippen LogP contribution in [0.3, 0.4) is 0 Å². The molecule has 3 aromatic rings. The van der Waals surface area contributed by atoms with Gasteiger partial charge in [-0.25, -0.2) is 4.98 Å². The number of anilines is 1. The molecule has 4 heterocycles. The number of carboxylic acids is 1. The van der Waals surface area contributed by atoms with Crippen molar-refractivity contribution >= 4 is 22.4 Å².